The second-order valence-electron chi connectivity index (χ2n) is 6.90. The van der Waals surface area contributed by atoms with Crippen molar-refractivity contribution < 1.29 is 19.7 Å². The molecule has 28 heavy (non-hydrogen) atoms. The van der Waals surface area contributed by atoms with Gasteiger partial charge in [0.15, 0.2) is 0 Å². The SMILES string of the molecule is NC(=O)c1ccc(N2CCC(NCC(O)COc3ccc(O)cc3)CC2)nc1. The van der Waals surface area contributed by atoms with E-state index < -0.39 is 12.0 Å². The molecule has 2 heterocycles. The number of ether oxygens (including phenoxy) is 1. The summed E-state index contributed by atoms with van der Waals surface area (Å²) in [7, 11) is 0. The average molecular weight is 386 g/mol. The third-order valence-electron chi connectivity index (χ3n) is 4.77. The molecule has 1 unspecified atom stereocenters. The molecule has 1 aromatic heterocycles. The van der Waals surface area contributed by atoms with E-state index in [1.54, 1.807) is 30.3 Å². The van der Waals surface area contributed by atoms with Crippen LogP contribution in [-0.4, -0.2) is 59.5 Å². The number of rotatable bonds is 8. The van der Waals surface area contributed by atoms with Crippen molar-refractivity contribution in [1.82, 2.24) is 10.3 Å². The van der Waals surface area contributed by atoms with Crippen molar-refractivity contribution in [3.8, 4) is 11.5 Å². The van der Waals surface area contributed by atoms with Gasteiger partial charge in [0.05, 0.1) is 5.56 Å². The molecule has 3 rings (SSSR count). The molecule has 150 valence electrons. The Kier molecular flexibility index (Phi) is 6.67. The number of hydrogen-bond donors (Lipinski definition) is 4. The normalized spacial score (nSPS) is 16.0. The molecule has 1 aliphatic rings. The number of piperidine rings is 1. The Bertz CT molecular complexity index is 759. The minimum atomic E-state index is -0.616. The van der Waals surface area contributed by atoms with Gasteiger partial charge in [-0.15, -0.1) is 0 Å². The summed E-state index contributed by atoms with van der Waals surface area (Å²) in [5.74, 6) is 1.15. The van der Waals surface area contributed by atoms with Crippen LogP contribution in [0.1, 0.15) is 23.2 Å². The third kappa shape index (κ3) is 5.58. The Balaban J connectivity index is 1.36. The molecule has 8 nitrogen and oxygen atoms in total. The second kappa shape index (κ2) is 9.38. The molecule has 2 aromatic rings. The second-order valence-corrected chi connectivity index (χ2v) is 6.90. The van der Waals surface area contributed by atoms with Gasteiger partial charge in [-0.25, -0.2) is 4.98 Å². The van der Waals surface area contributed by atoms with Crippen LogP contribution in [0.25, 0.3) is 0 Å². The van der Waals surface area contributed by atoms with Crippen molar-refractivity contribution in [2.75, 3.05) is 31.1 Å². The lowest BCUT2D eigenvalue weighted by Gasteiger charge is -2.33. The van der Waals surface area contributed by atoms with E-state index >= 15 is 0 Å². The fourth-order valence-corrected chi connectivity index (χ4v) is 3.13. The van der Waals surface area contributed by atoms with Gasteiger partial charge in [0.25, 0.3) is 0 Å². The van der Waals surface area contributed by atoms with Gasteiger partial charge in [0, 0.05) is 31.9 Å². The number of aliphatic hydroxyl groups is 1. The van der Waals surface area contributed by atoms with Crippen LogP contribution >= 0.6 is 0 Å². The third-order valence-corrected chi connectivity index (χ3v) is 4.77. The molecule has 0 radical (unpaired) electrons. The summed E-state index contributed by atoms with van der Waals surface area (Å²) in [5, 5.41) is 22.7. The number of nitrogens with zero attached hydrogens (tertiary/aromatic N) is 2. The highest BCUT2D eigenvalue weighted by molar-refractivity contribution is 5.92. The molecule has 8 heteroatoms. The maximum Gasteiger partial charge on any atom is 0.250 e. The number of hydrogen-bond acceptors (Lipinski definition) is 7. The van der Waals surface area contributed by atoms with Crippen LogP contribution in [0.2, 0.25) is 0 Å². The van der Waals surface area contributed by atoms with Crippen molar-refractivity contribution in [3.05, 3.63) is 48.2 Å². The number of benzene rings is 1. The predicted molar refractivity (Wildman–Crippen MR) is 106 cm³/mol. The van der Waals surface area contributed by atoms with Gasteiger partial charge in [-0.1, -0.05) is 0 Å². The van der Waals surface area contributed by atoms with E-state index in [2.05, 4.69) is 15.2 Å². The van der Waals surface area contributed by atoms with Crippen molar-refractivity contribution in [2.45, 2.75) is 25.0 Å². The number of aromatic nitrogens is 1. The van der Waals surface area contributed by atoms with Crippen LogP contribution in [0, 0.1) is 0 Å². The smallest absolute Gasteiger partial charge is 0.250 e. The van der Waals surface area contributed by atoms with E-state index in [4.69, 9.17) is 10.5 Å². The molecule has 0 saturated carbocycles. The number of primary amides is 1. The van der Waals surface area contributed by atoms with Crippen molar-refractivity contribution in [1.29, 1.82) is 0 Å². The number of nitrogens with one attached hydrogen (secondary N) is 1. The first-order chi connectivity index (χ1) is 13.5. The van der Waals surface area contributed by atoms with Gasteiger partial charge < -0.3 is 30.9 Å². The van der Waals surface area contributed by atoms with E-state index in [1.165, 1.54) is 6.20 Å². The quantitative estimate of drug-likeness (QED) is 0.531. The Morgan fingerprint density at radius 1 is 1.25 bits per heavy atom. The number of carbonyl (C=O) groups excluding carboxylic acids is 1. The Morgan fingerprint density at radius 2 is 1.96 bits per heavy atom. The number of amides is 1. The number of aromatic hydroxyl groups is 1. The predicted octanol–water partition coefficient (Wildman–Crippen LogP) is 0.884. The first-order valence-corrected chi connectivity index (χ1v) is 9.35. The molecule has 1 aliphatic heterocycles. The average Bonchev–Trinajstić information content (AvgIpc) is 2.72. The van der Waals surface area contributed by atoms with Gasteiger partial charge in [0.2, 0.25) is 5.91 Å². The fourth-order valence-electron chi connectivity index (χ4n) is 3.13. The lowest BCUT2D eigenvalue weighted by atomic mass is 10.0. The van der Waals surface area contributed by atoms with Crippen LogP contribution in [0.3, 0.4) is 0 Å². The van der Waals surface area contributed by atoms with E-state index in [-0.39, 0.29) is 12.4 Å². The van der Waals surface area contributed by atoms with Gasteiger partial charge in [-0.05, 0) is 49.2 Å². The summed E-state index contributed by atoms with van der Waals surface area (Å²) in [6.07, 6.45) is 2.76. The summed E-state index contributed by atoms with van der Waals surface area (Å²) in [6.45, 7) is 2.34. The van der Waals surface area contributed by atoms with Crippen LogP contribution in [0.15, 0.2) is 42.6 Å². The number of aliphatic hydroxyl groups excluding tert-OH is 1. The monoisotopic (exact) mass is 386 g/mol. The lowest BCUT2D eigenvalue weighted by molar-refractivity contribution is 0.0999. The highest BCUT2D eigenvalue weighted by Crippen LogP contribution is 2.18. The van der Waals surface area contributed by atoms with Crippen molar-refractivity contribution >= 4 is 11.7 Å². The molecule has 0 aliphatic carbocycles. The Hall–Kier alpha value is -2.84. The molecule has 1 aromatic carbocycles. The minimum absolute atomic E-state index is 0.180. The zero-order chi connectivity index (χ0) is 19.9. The molecular formula is C20H26N4O4. The first kappa shape index (κ1) is 19.9. The fraction of sp³-hybridized carbons (Fsp3) is 0.400. The molecule has 5 N–H and O–H groups in total. The topological polar surface area (TPSA) is 121 Å². The van der Waals surface area contributed by atoms with Crippen LogP contribution < -0.4 is 20.7 Å². The zero-order valence-corrected chi connectivity index (χ0v) is 15.6. The molecular weight excluding hydrogens is 360 g/mol. The number of carbonyl (C=O) groups is 1. The zero-order valence-electron chi connectivity index (χ0n) is 15.6. The molecule has 0 spiro atoms. The van der Waals surface area contributed by atoms with Crippen molar-refractivity contribution in [3.63, 3.8) is 0 Å². The maximum atomic E-state index is 11.1. The minimum Gasteiger partial charge on any atom is -0.508 e. The highest BCUT2D eigenvalue weighted by Gasteiger charge is 2.20. The van der Waals surface area contributed by atoms with Gasteiger partial charge >= 0.3 is 0 Å². The largest absolute Gasteiger partial charge is 0.508 e. The first-order valence-electron chi connectivity index (χ1n) is 9.35. The van der Waals surface area contributed by atoms with Gasteiger partial charge in [0.1, 0.15) is 30.0 Å². The summed E-state index contributed by atoms with van der Waals surface area (Å²) < 4.78 is 5.51. The number of phenols is 1. The molecule has 0 bridgehead atoms. The summed E-state index contributed by atoms with van der Waals surface area (Å²) in [4.78, 5) is 17.6. The Morgan fingerprint density at radius 3 is 2.57 bits per heavy atom. The number of pyridine rings is 1. The van der Waals surface area contributed by atoms with Gasteiger partial charge in [-0.3, -0.25) is 4.79 Å². The summed E-state index contributed by atoms with van der Waals surface area (Å²) >= 11 is 0. The van der Waals surface area contributed by atoms with Crippen LogP contribution in [0.4, 0.5) is 5.82 Å². The Labute approximate surface area is 163 Å². The van der Waals surface area contributed by atoms with E-state index in [9.17, 15) is 15.0 Å². The van der Waals surface area contributed by atoms with Crippen LogP contribution in [0.5, 0.6) is 11.5 Å². The number of nitrogens with two attached hydrogens (primary N) is 1. The van der Waals surface area contributed by atoms with Crippen molar-refractivity contribution in [2.24, 2.45) is 5.73 Å². The van der Waals surface area contributed by atoms with Crippen LogP contribution in [-0.2, 0) is 0 Å². The summed E-state index contributed by atoms with van der Waals surface area (Å²) in [5.41, 5.74) is 5.64. The highest BCUT2D eigenvalue weighted by atomic mass is 16.5. The number of anilines is 1. The number of phenolic OH excluding ortho intramolecular Hbond substituents is 1. The van der Waals surface area contributed by atoms with Gasteiger partial charge in [-0.2, -0.15) is 0 Å². The standard InChI is InChI=1S/C20H26N4O4/c21-20(27)14-1-6-19(23-11-14)24-9-7-15(8-10-24)22-12-17(26)13-28-18-4-2-16(25)3-5-18/h1-6,11,15,17,22,25-26H,7-10,12-13H2,(H2,21,27). The lowest BCUT2D eigenvalue weighted by Crippen LogP contribution is -2.45. The van der Waals surface area contributed by atoms with E-state index in [0.29, 0.717) is 23.9 Å². The molecule has 1 fully saturated rings. The molecule has 1 atom stereocenters. The maximum absolute atomic E-state index is 11.1. The van der Waals surface area contributed by atoms with E-state index in [1.807, 2.05) is 6.07 Å². The molecule has 1 amide bonds. The summed E-state index contributed by atoms with van der Waals surface area (Å²) in [6, 6.07) is 10.3. The molecule has 1 saturated heterocycles. The van der Waals surface area contributed by atoms with E-state index in [0.717, 1.165) is 31.7 Å².